The van der Waals surface area contributed by atoms with E-state index < -0.39 is 0 Å². The van der Waals surface area contributed by atoms with Crippen molar-refractivity contribution >= 4 is 56.3 Å². The molecule has 2 N–H and O–H groups in total. The second-order valence-electron chi connectivity index (χ2n) is 4.67. The molecular formula is C16H15BrIN3O. The van der Waals surface area contributed by atoms with E-state index >= 15 is 0 Å². The van der Waals surface area contributed by atoms with Gasteiger partial charge in [-0.25, -0.2) is 5.43 Å². The predicted molar refractivity (Wildman–Crippen MR) is 102 cm³/mol. The molecule has 0 atom stereocenters. The van der Waals surface area contributed by atoms with Crippen molar-refractivity contribution in [1.82, 2.24) is 5.43 Å². The van der Waals surface area contributed by atoms with Gasteiger partial charge in [0.2, 0.25) is 0 Å². The number of hydrogen-bond acceptors (Lipinski definition) is 3. The number of halogens is 2. The lowest BCUT2D eigenvalue weighted by molar-refractivity contribution is -0.119. The molecule has 1 amide bonds. The van der Waals surface area contributed by atoms with Gasteiger partial charge >= 0.3 is 0 Å². The summed E-state index contributed by atoms with van der Waals surface area (Å²) in [5, 5.41) is 7.01. The molecule has 2 rings (SSSR count). The van der Waals surface area contributed by atoms with Gasteiger partial charge < -0.3 is 5.32 Å². The molecule has 0 aliphatic rings. The molecule has 0 bridgehead atoms. The van der Waals surface area contributed by atoms with Crippen LogP contribution in [0.2, 0.25) is 0 Å². The second-order valence-corrected chi connectivity index (χ2v) is 6.74. The molecule has 0 fully saturated rings. The van der Waals surface area contributed by atoms with Crippen LogP contribution in [0.25, 0.3) is 0 Å². The van der Waals surface area contributed by atoms with Crippen LogP contribution in [0, 0.1) is 10.5 Å². The molecule has 2 aromatic rings. The van der Waals surface area contributed by atoms with E-state index in [-0.39, 0.29) is 12.5 Å². The lowest BCUT2D eigenvalue weighted by atomic mass is 10.2. The zero-order valence-electron chi connectivity index (χ0n) is 11.9. The van der Waals surface area contributed by atoms with Crippen LogP contribution >= 0.6 is 38.5 Å². The molecule has 0 aliphatic carbocycles. The summed E-state index contributed by atoms with van der Waals surface area (Å²) in [6.45, 7) is 2.21. The van der Waals surface area contributed by atoms with Gasteiger partial charge in [0.05, 0.1) is 12.8 Å². The fourth-order valence-electron chi connectivity index (χ4n) is 1.74. The summed E-state index contributed by atoms with van der Waals surface area (Å²) in [5.41, 5.74) is 5.51. The number of amides is 1. The van der Waals surface area contributed by atoms with Gasteiger partial charge in [0.25, 0.3) is 5.91 Å². The smallest absolute Gasteiger partial charge is 0.259 e. The maximum atomic E-state index is 11.7. The van der Waals surface area contributed by atoms with Crippen molar-refractivity contribution in [1.29, 1.82) is 0 Å². The maximum absolute atomic E-state index is 11.7. The number of rotatable bonds is 5. The van der Waals surface area contributed by atoms with E-state index in [2.05, 4.69) is 54.4 Å². The van der Waals surface area contributed by atoms with Crippen LogP contribution in [0.3, 0.4) is 0 Å². The van der Waals surface area contributed by atoms with E-state index in [1.54, 1.807) is 6.21 Å². The van der Waals surface area contributed by atoms with Crippen LogP contribution in [-0.4, -0.2) is 18.7 Å². The van der Waals surface area contributed by atoms with E-state index in [9.17, 15) is 4.79 Å². The summed E-state index contributed by atoms with van der Waals surface area (Å²) in [4.78, 5) is 11.7. The minimum Gasteiger partial charge on any atom is -0.376 e. The Morgan fingerprint density at radius 3 is 2.86 bits per heavy atom. The quantitative estimate of drug-likeness (QED) is 0.394. The molecule has 4 nitrogen and oxygen atoms in total. The molecule has 0 saturated carbocycles. The minimum absolute atomic E-state index is 0.176. The summed E-state index contributed by atoms with van der Waals surface area (Å²) in [5.74, 6) is -0.192. The van der Waals surface area contributed by atoms with E-state index in [4.69, 9.17) is 0 Å². The minimum atomic E-state index is -0.192. The van der Waals surface area contributed by atoms with Gasteiger partial charge in [-0.2, -0.15) is 5.10 Å². The number of carbonyl (C=O) groups excluding carboxylic acids is 1. The standard InChI is InChI=1S/C16H15BrIN3O/c1-11-7-14(5-6-15(11)18)19-10-16(22)21-20-9-12-3-2-4-13(17)8-12/h2-9,19H,10H2,1H3,(H,21,22). The fraction of sp³-hybridized carbons (Fsp3) is 0.125. The Hall–Kier alpha value is -1.41. The van der Waals surface area contributed by atoms with Gasteiger partial charge in [0, 0.05) is 13.7 Å². The van der Waals surface area contributed by atoms with E-state index in [0.29, 0.717) is 0 Å². The third kappa shape index (κ3) is 5.42. The highest BCUT2D eigenvalue weighted by atomic mass is 127. The first kappa shape index (κ1) is 17.0. The number of carbonyl (C=O) groups is 1. The lowest BCUT2D eigenvalue weighted by Crippen LogP contribution is -2.25. The summed E-state index contributed by atoms with van der Waals surface area (Å²) in [7, 11) is 0. The highest BCUT2D eigenvalue weighted by Crippen LogP contribution is 2.16. The molecule has 0 unspecified atom stereocenters. The van der Waals surface area contributed by atoms with Gasteiger partial charge in [0.15, 0.2) is 0 Å². The first-order valence-corrected chi connectivity index (χ1v) is 8.49. The van der Waals surface area contributed by atoms with Crippen LogP contribution in [0.5, 0.6) is 0 Å². The Kier molecular flexibility index (Phi) is 6.38. The van der Waals surface area contributed by atoms with Crippen molar-refractivity contribution in [3.63, 3.8) is 0 Å². The fourth-order valence-corrected chi connectivity index (χ4v) is 2.49. The predicted octanol–water partition coefficient (Wildman–Crippen LogP) is 3.92. The number of aryl methyl sites for hydroxylation is 1. The monoisotopic (exact) mass is 471 g/mol. The van der Waals surface area contributed by atoms with Crippen LogP contribution in [0.15, 0.2) is 52.0 Å². The molecule has 0 radical (unpaired) electrons. The molecule has 6 heteroatoms. The van der Waals surface area contributed by atoms with Crippen LogP contribution in [-0.2, 0) is 4.79 Å². The van der Waals surface area contributed by atoms with Gasteiger partial charge in [-0.1, -0.05) is 28.1 Å². The lowest BCUT2D eigenvalue weighted by Gasteiger charge is -2.07. The molecule has 0 heterocycles. The summed E-state index contributed by atoms with van der Waals surface area (Å²) >= 11 is 5.66. The normalized spacial score (nSPS) is 10.7. The van der Waals surface area contributed by atoms with Crippen molar-refractivity contribution in [3.8, 4) is 0 Å². The first-order valence-electron chi connectivity index (χ1n) is 6.62. The Balaban J connectivity index is 1.81. The average molecular weight is 472 g/mol. The van der Waals surface area contributed by atoms with Crippen molar-refractivity contribution in [2.45, 2.75) is 6.92 Å². The number of hydrazone groups is 1. The Morgan fingerprint density at radius 2 is 2.14 bits per heavy atom. The van der Waals surface area contributed by atoms with Crippen molar-refractivity contribution < 1.29 is 4.79 Å². The van der Waals surface area contributed by atoms with Gasteiger partial charge in [-0.15, -0.1) is 0 Å². The Labute approximate surface area is 151 Å². The summed E-state index contributed by atoms with van der Waals surface area (Å²) < 4.78 is 2.17. The maximum Gasteiger partial charge on any atom is 0.259 e. The summed E-state index contributed by atoms with van der Waals surface area (Å²) in [6.07, 6.45) is 1.61. The number of benzene rings is 2. The van der Waals surface area contributed by atoms with Crippen molar-refractivity contribution in [2.24, 2.45) is 5.10 Å². The number of nitrogens with zero attached hydrogens (tertiary/aromatic N) is 1. The van der Waals surface area contributed by atoms with Crippen LogP contribution < -0.4 is 10.7 Å². The van der Waals surface area contributed by atoms with E-state index in [1.807, 2.05) is 49.4 Å². The third-order valence-electron chi connectivity index (χ3n) is 2.86. The molecule has 0 aliphatic heterocycles. The van der Waals surface area contributed by atoms with Gasteiger partial charge in [-0.3, -0.25) is 4.79 Å². The van der Waals surface area contributed by atoms with Gasteiger partial charge in [0.1, 0.15) is 0 Å². The second kappa shape index (κ2) is 8.28. The third-order valence-corrected chi connectivity index (χ3v) is 4.57. The molecule has 0 aromatic heterocycles. The van der Waals surface area contributed by atoms with Crippen molar-refractivity contribution in [3.05, 3.63) is 61.6 Å². The van der Waals surface area contributed by atoms with E-state index in [1.165, 1.54) is 9.13 Å². The Morgan fingerprint density at radius 1 is 1.32 bits per heavy atom. The molecular weight excluding hydrogens is 457 g/mol. The topological polar surface area (TPSA) is 53.5 Å². The van der Waals surface area contributed by atoms with Crippen molar-refractivity contribution in [2.75, 3.05) is 11.9 Å². The van der Waals surface area contributed by atoms with Gasteiger partial charge in [-0.05, 0) is 71.0 Å². The molecule has 114 valence electrons. The van der Waals surface area contributed by atoms with Crippen LogP contribution in [0.1, 0.15) is 11.1 Å². The first-order chi connectivity index (χ1) is 10.5. The molecule has 22 heavy (non-hydrogen) atoms. The molecule has 2 aromatic carbocycles. The largest absolute Gasteiger partial charge is 0.376 e. The molecule has 0 saturated heterocycles. The summed E-state index contributed by atoms with van der Waals surface area (Å²) in [6, 6.07) is 13.7. The zero-order valence-corrected chi connectivity index (χ0v) is 15.7. The highest BCUT2D eigenvalue weighted by Gasteiger charge is 2.01. The molecule has 0 spiro atoms. The SMILES string of the molecule is Cc1cc(NCC(=O)NN=Cc2cccc(Br)c2)ccc1I. The highest BCUT2D eigenvalue weighted by molar-refractivity contribution is 14.1. The average Bonchev–Trinajstić information content (AvgIpc) is 2.48. The Bertz CT molecular complexity index is 704. The number of hydrogen-bond donors (Lipinski definition) is 2. The number of anilines is 1. The van der Waals surface area contributed by atoms with E-state index in [0.717, 1.165) is 15.7 Å². The van der Waals surface area contributed by atoms with Crippen LogP contribution in [0.4, 0.5) is 5.69 Å². The number of nitrogens with one attached hydrogen (secondary N) is 2. The zero-order chi connectivity index (χ0) is 15.9.